The standard InChI is InChI=1S/C9H19NO5/c1-5(2)7(13)8(14)9(15)10-3-6(12)4-11/h5-8,11-14H,3-4H2,1-2H3,(H,10,15)/t6-,7-,8+/m0/s1. The van der Waals surface area contributed by atoms with E-state index in [1.165, 1.54) is 0 Å². The summed E-state index contributed by atoms with van der Waals surface area (Å²) >= 11 is 0. The highest BCUT2D eigenvalue weighted by Gasteiger charge is 2.26. The average Bonchev–Trinajstić information content (AvgIpc) is 2.22. The van der Waals surface area contributed by atoms with Gasteiger partial charge in [-0.1, -0.05) is 13.8 Å². The van der Waals surface area contributed by atoms with Crippen molar-refractivity contribution in [3.8, 4) is 0 Å². The molecule has 0 aromatic heterocycles. The molecule has 0 saturated heterocycles. The summed E-state index contributed by atoms with van der Waals surface area (Å²) in [7, 11) is 0. The molecule has 0 rings (SSSR count). The Hall–Kier alpha value is -0.690. The molecule has 3 atom stereocenters. The Balaban J connectivity index is 3.99. The summed E-state index contributed by atoms with van der Waals surface area (Å²) in [4.78, 5) is 11.2. The topological polar surface area (TPSA) is 110 Å². The fraction of sp³-hybridized carbons (Fsp3) is 0.889. The van der Waals surface area contributed by atoms with Crippen molar-refractivity contribution < 1.29 is 25.2 Å². The first kappa shape index (κ1) is 14.3. The number of amides is 1. The van der Waals surface area contributed by atoms with Gasteiger partial charge < -0.3 is 25.7 Å². The molecule has 6 heteroatoms. The van der Waals surface area contributed by atoms with Crippen LogP contribution in [0.5, 0.6) is 0 Å². The molecule has 1 amide bonds. The van der Waals surface area contributed by atoms with Crippen LogP contribution in [0.15, 0.2) is 0 Å². The van der Waals surface area contributed by atoms with Crippen LogP contribution in [-0.2, 0) is 4.79 Å². The van der Waals surface area contributed by atoms with Crippen LogP contribution < -0.4 is 5.32 Å². The molecule has 0 aliphatic rings. The predicted molar refractivity (Wildman–Crippen MR) is 53.0 cm³/mol. The summed E-state index contributed by atoms with van der Waals surface area (Å²) in [5.74, 6) is -1.00. The molecule has 0 unspecified atom stereocenters. The Labute approximate surface area is 88.5 Å². The lowest BCUT2D eigenvalue weighted by Gasteiger charge is -2.20. The number of aliphatic hydroxyl groups is 4. The number of aliphatic hydroxyl groups excluding tert-OH is 4. The van der Waals surface area contributed by atoms with E-state index >= 15 is 0 Å². The first-order valence-electron chi connectivity index (χ1n) is 4.83. The smallest absolute Gasteiger partial charge is 0.251 e. The van der Waals surface area contributed by atoms with Gasteiger partial charge in [0.05, 0.1) is 18.8 Å². The van der Waals surface area contributed by atoms with E-state index in [1.54, 1.807) is 13.8 Å². The molecule has 0 saturated carbocycles. The van der Waals surface area contributed by atoms with E-state index in [4.69, 9.17) is 10.2 Å². The first-order valence-corrected chi connectivity index (χ1v) is 4.83. The summed E-state index contributed by atoms with van der Waals surface area (Å²) in [5.41, 5.74) is 0. The summed E-state index contributed by atoms with van der Waals surface area (Å²) in [6.07, 6.45) is -3.72. The molecule has 0 fully saturated rings. The van der Waals surface area contributed by atoms with Crippen LogP contribution in [0.25, 0.3) is 0 Å². The third-order valence-electron chi connectivity index (χ3n) is 2.00. The SMILES string of the molecule is CC(C)[C@H](O)[C@@H](O)C(=O)NC[C@H](O)CO. The van der Waals surface area contributed by atoms with Gasteiger partial charge in [0.15, 0.2) is 6.10 Å². The van der Waals surface area contributed by atoms with Crippen molar-refractivity contribution >= 4 is 5.91 Å². The normalized spacial score (nSPS) is 17.3. The number of carbonyl (C=O) groups is 1. The Morgan fingerprint density at radius 1 is 1.27 bits per heavy atom. The van der Waals surface area contributed by atoms with Gasteiger partial charge in [0.25, 0.3) is 5.91 Å². The maximum atomic E-state index is 11.2. The van der Waals surface area contributed by atoms with E-state index in [0.717, 1.165) is 0 Å². The second-order valence-corrected chi connectivity index (χ2v) is 3.76. The minimum Gasteiger partial charge on any atom is -0.394 e. The molecule has 6 nitrogen and oxygen atoms in total. The second-order valence-electron chi connectivity index (χ2n) is 3.76. The second kappa shape index (κ2) is 6.73. The van der Waals surface area contributed by atoms with E-state index in [2.05, 4.69) is 5.32 Å². The van der Waals surface area contributed by atoms with Crippen LogP contribution >= 0.6 is 0 Å². The van der Waals surface area contributed by atoms with Crippen molar-refractivity contribution in [2.45, 2.75) is 32.2 Å². The van der Waals surface area contributed by atoms with Crippen molar-refractivity contribution in [2.24, 2.45) is 5.92 Å². The van der Waals surface area contributed by atoms with Crippen molar-refractivity contribution in [1.29, 1.82) is 0 Å². The number of hydrogen-bond donors (Lipinski definition) is 5. The summed E-state index contributed by atoms with van der Waals surface area (Å²) < 4.78 is 0. The molecule has 0 radical (unpaired) electrons. The van der Waals surface area contributed by atoms with Gasteiger partial charge in [-0.05, 0) is 5.92 Å². The Morgan fingerprint density at radius 2 is 1.80 bits per heavy atom. The summed E-state index contributed by atoms with van der Waals surface area (Å²) in [6.45, 7) is 2.72. The van der Waals surface area contributed by atoms with E-state index in [-0.39, 0.29) is 12.5 Å². The maximum Gasteiger partial charge on any atom is 0.251 e. The third-order valence-corrected chi connectivity index (χ3v) is 2.00. The van der Waals surface area contributed by atoms with Crippen LogP contribution in [0.3, 0.4) is 0 Å². The van der Waals surface area contributed by atoms with Gasteiger partial charge in [-0.25, -0.2) is 0 Å². The van der Waals surface area contributed by atoms with Crippen molar-refractivity contribution in [1.82, 2.24) is 5.32 Å². The maximum absolute atomic E-state index is 11.2. The predicted octanol–water partition coefficient (Wildman–Crippen LogP) is -2.17. The van der Waals surface area contributed by atoms with Gasteiger partial charge in [0.1, 0.15) is 0 Å². The lowest BCUT2D eigenvalue weighted by molar-refractivity contribution is -0.137. The molecule has 0 aliphatic heterocycles. The number of rotatable bonds is 6. The Kier molecular flexibility index (Phi) is 6.42. The zero-order valence-electron chi connectivity index (χ0n) is 8.92. The molecule has 0 bridgehead atoms. The van der Waals surface area contributed by atoms with Gasteiger partial charge in [-0.2, -0.15) is 0 Å². The number of nitrogens with one attached hydrogen (secondary N) is 1. The molecule has 0 spiro atoms. The highest BCUT2D eigenvalue weighted by Crippen LogP contribution is 2.06. The molecule has 90 valence electrons. The zero-order chi connectivity index (χ0) is 12.0. The van der Waals surface area contributed by atoms with E-state index < -0.39 is 30.8 Å². The highest BCUT2D eigenvalue weighted by atomic mass is 16.3. The Morgan fingerprint density at radius 3 is 2.20 bits per heavy atom. The molecule has 5 N–H and O–H groups in total. The molecule has 0 aromatic rings. The van der Waals surface area contributed by atoms with Gasteiger partial charge in [-0.3, -0.25) is 4.79 Å². The van der Waals surface area contributed by atoms with Gasteiger partial charge in [0, 0.05) is 6.54 Å². The van der Waals surface area contributed by atoms with E-state index in [1.807, 2.05) is 0 Å². The lowest BCUT2D eigenvalue weighted by atomic mass is 10.0. The van der Waals surface area contributed by atoms with Crippen molar-refractivity contribution in [2.75, 3.05) is 13.2 Å². The highest BCUT2D eigenvalue weighted by molar-refractivity contribution is 5.81. The minimum atomic E-state index is -1.52. The molecular formula is C9H19NO5. The van der Waals surface area contributed by atoms with Crippen LogP contribution in [-0.4, -0.2) is 57.8 Å². The minimum absolute atomic E-state index is 0.156. The lowest BCUT2D eigenvalue weighted by Crippen LogP contribution is -2.46. The third kappa shape index (κ3) is 5.08. The summed E-state index contributed by atoms with van der Waals surface area (Å²) in [5, 5.41) is 38.3. The van der Waals surface area contributed by atoms with E-state index in [9.17, 15) is 15.0 Å². The van der Waals surface area contributed by atoms with Crippen molar-refractivity contribution in [3.05, 3.63) is 0 Å². The molecule has 0 aliphatic carbocycles. The molecule has 0 aromatic carbocycles. The van der Waals surface area contributed by atoms with Crippen LogP contribution in [0.2, 0.25) is 0 Å². The van der Waals surface area contributed by atoms with Gasteiger partial charge >= 0.3 is 0 Å². The molecule has 15 heavy (non-hydrogen) atoms. The van der Waals surface area contributed by atoms with Crippen LogP contribution in [0.4, 0.5) is 0 Å². The average molecular weight is 221 g/mol. The van der Waals surface area contributed by atoms with Gasteiger partial charge in [0.2, 0.25) is 0 Å². The quantitative estimate of drug-likeness (QED) is 0.351. The van der Waals surface area contributed by atoms with Crippen LogP contribution in [0.1, 0.15) is 13.8 Å². The largest absolute Gasteiger partial charge is 0.394 e. The number of carbonyl (C=O) groups excluding carboxylic acids is 1. The van der Waals surface area contributed by atoms with Crippen molar-refractivity contribution in [3.63, 3.8) is 0 Å². The van der Waals surface area contributed by atoms with E-state index in [0.29, 0.717) is 0 Å². The fourth-order valence-corrected chi connectivity index (χ4v) is 0.907. The molecule has 0 heterocycles. The molecular weight excluding hydrogens is 202 g/mol. The van der Waals surface area contributed by atoms with Gasteiger partial charge in [-0.15, -0.1) is 0 Å². The number of hydrogen-bond acceptors (Lipinski definition) is 5. The fourth-order valence-electron chi connectivity index (χ4n) is 0.907. The Bertz CT molecular complexity index is 197. The monoisotopic (exact) mass is 221 g/mol. The zero-order valence-corrected chi connectivity index (χ0v) is 8.92. The first-order chi connectivity index (χ1) is 6.90. The summed E-state index contributed by atoms with van der Waals surface area (Å²) in [6, 6.07) is 0. The van der Waals surface area contributed by atoms with Crippen LogP contribution in [0, 0.1) is 5.92 Å².